The Balaban J connectivity index is 1.34. The molecular weight excluding hydrogens is 412 g/mol. The molecule has 10 nitrogen and oxygen atoms in total. The summed E-state index contributed by atoms with van der Waals surface area (Å²) in [6, 6.07) is 9.01. The molecule has 0 radical (unpaired) electrons. The molecule has 2 aromatic heterocycles. The van der Waals surface area contributed by atoms with Gasteiger partial charge in [0.15, 0.2) is 17.3 Å². The van der Waals surface area contributed by atoms with Crippen LogP contribution >= 0.6 is 0 Å². The van der Waals surface area contributed by atoms with Gasteiger partial charge in [0.2, 0.25) is 0 Å². The van der Waals surface area contributed by atoms with E-state index in [1.165, 1.54) is 4.68 Å². The van der Waals surface area contributed by atoms with Crippen molar-refractivity contribution in [3.8, 4) is 22.9 Å². The molecule has 0 atom stereocenters. The number of carbonyl (C=O) groups excluding carboxylic acids is 1. The molecule has 10 heteroatoms. The second-order valence-corrected chi connectivity index (χ2v) is 7.47. The molecule has 2 heterocycles. The van der Waals surface area contributed by atoms with Crippen LogP contribution in [0.25, 0.3) is 11.4 Å². The van der Waals surface area contributed by atoms with E-state index < -0.39 is 0 Å². The van der Waals surface area contributed by atoms with Crippen molar-refractivity contribution >= 4 is 6.03 Å². The molecule has 1 aliphatic rings. The van der Waals surface area contributed by atoms with Crippen molar-refractivity contribution in [3.05, 3.63) is 58.8 Å². The van der Waals surface area contributed by atoms with Gasteiger partial charge in [-0.25, -0.2) is 14.3 Å². The molecule has 1 aromatic carbocycles. The average molecular weight is 438 g/mol. The molecule has 2 amide bonds. The Kier molecular flexibility index (Phi) is 6.39. The van der Waals surface area contributed by atoms with Gasteiger partial charge in [-0.15, -0.1) is 5.10 Å². The Bertz CT molecular complexity index is 1140. The van der Waals surface area contributed by atoms with Gasteiger partial charge in [-0.1, -0.05) is 6.07 Å². The van der Waals surface area contributed by atoms with E-state index in [-0.39, 0.29) is 30.9 Å². The number of pyridine rings is 1. The minimum Gasteiger partial charge on any atom is -0.493 e. The third-order valence-corrected chi connectivity index (χ3v) is 5.21. The summed E-state index contributed by atoms with van der Waals surface area (Å²) in [5, 5.41) is 10.1. The van der Waals surface area contributed by atoms with E-state index in [1.54, 1.807) is 37.2 Å². The van der Waals surface area contributed by atoms with Crippen molar-refractivity contribution in [2.24, 2.45) is 0 Å². The van der Waals surface area contributed by atoms with Crippen molar-refractivity contribution in [2.45, 2.75) is 32.0 Å². The van der Waals surface area contributed by atoms with Crippen LogP contribution in [-0.4, -0.2) is 46.1 Å². The standard InChI is InChI=1S/C22H26N6O4/c1-31-18-8-5-15(12-19(18)32-2)13-25-21(29)24-10-11-27-22(30)28(17-6-7-17)20(26-27)16-4-3-9-23-14-16/h3-5,8-9,12,14,17H,6-7,10-11,13H2,1-2H3,(H2,24,25,29). The van der Waals surface area contributed by atoms with Crippen molar-refractivity contribution in [1.29, 1.82) is 0 Å². The van der Waals surface area contributed by atoms with E-state index in [2.05, 4.69) is 20.7 Å². The van der Waals surface area contributed by atoms with Crippen LogP contribution in [0.5, 0.6) is 11.5 Å². The molecule has 32 heavy (non-hydrogen) atoms. The predicted octanol–water partition coefficient (Wildman–Crippen LogP) is 1.96. The molecule has 1 aliphatic carbocycles. The van der Waals surface area contributed by atoms with Gasteiger partial charge in [0, 0.05) is 37.1 Å². The summed E-state index contributed by atoms with van der Waals surface area (Å²) < 4.78 is 13.6. The zero-order valence-electron chi connectivity index (χ0n) is 18.1. The topological polar surface area (TPSA) is 112 Å². The van der Waals surface area contributed by atoms with Crippen molar-refractivity contribution < 1.29 is 14.3 Å². The van der Waals surface area contributed by atoms with Gasteiger partial charge in [0.05, 0.1) is 20.8 Å². The minimum atomic E-state index is -0.332. The second-order valence-electron chi connectivity index (χ2n) is 7.47. The number of benzene rings is 1. The highest BCUT2D eigenvalue weighted by atomic mass is 16.5. The van der Waals surface area contributed by atoms with E-state index >= 15 is 0 Å². The highest BCUT2D eigenvalue weighted by Gasteiger charge is 2.30. The average Bonchev–Trinajstić information content (AvgIpc) is 3.61. The van der Waals surface area contributed by atoms with Gasteiger partial charge in [-0.05, 0) is 42.7 Å². The van der Waals surface area contributed by atoms with Gasteiger partial charge >= 0.3 is 11.7 Å². The summed E-state index contributed by atoms with van der Waals surface area (Å²) >= 11 is 0. The summed E-state index contributed by atoms with van der Waals surface area (Å²) in [5.41, 5.74) is 1.51. The molecule has 0 spiro atoms. The zero-order valence-corrected chi connectivity index (χ0v) is 18.1. The van der Waals surface area contributed by atoms with E-state index in [0.717, 1.165) is 24.0 Å². The number of hydrogen-bond acceptors (Lipinski definition) is 6. The van der Waals surface area contributed by atoms with Crippen molar-refractivity contribution in [3.63, 3.8) is 0 Å². The molecule has 0 bridgehead atoms. The zero-order chi connectivity index (χ0) is 22.5. The highest BCUT2D eigenvalue weighted by molar-refractivity contribution is 5.73. The Morgan fingerprint density at radius 3 is 2.66 bits per heavy atom. The Hall–Kier alpha value is -3.82. The first-order chi connectivity index (χ1) is 15.6. The third-order valence-electron chi connectivity index (χ3n) is 5.21. The lowest BCUT2D eigenvalue weighted by Gasteiger charge is -2.11. The number of carbonyl (C=O) groups is 1. The van der Waals surface area contributed by atoms with Crippen LogP contribution in [0.2, 0.25) is 0 Å². The van der Waals surface area contributed by atoms with Crippen molar-refractivity contribution in [2.75, 3.05) is 20.8 Å². The lowest BCUT2D eigenvalue weighted by Crippen LogP contribution is -2.38. The van der Waals surface area contributed by atoms with Gasteiger partial charge in [0.25, 0.3) is 0 Å². The highest BCUT2D eigenvalue weighted by Crippen LogP contribution is 2.36. The number of ether oxygens (including phenoxy) is 2. The first-order valence-electron chi connectivity index (χ1n) is 10.4. The maximum atomic E-state index is 12.8. The van der Waals surface area contributed by atoms with Crippen LogP contribution in [-0.2, 0) is 13.1 Å². The fraction of sp³-hybridized carbons (Fsp3) is 0.364. The first-order valence-corrected chi connectivity index (χ1v) is 10.4. The molecule has 168 valence electrons. The number of nitrogens with zero attached hydrogens (tertiary/aromatic N) is 4. The van der Waals surface area contributed by atoms with Crippen LogP contribution in [0.3, 0.4) is 0 Å². The number of nitrogens with one attached hydrogen (secondary N) is 2. The Morgan fingerprint density at radius 1 is 1.16 bits per heavy atom. The molecule has 1 saturated carbocycles. The third kappa shape index (κ3) is 4.74. The molecule has 0 unspecified atom stereocenters. The molecule has 4 rings (SSSR count). The van der Waals surface area contributed by atoms with Gasteiger partial charge in [-0.2, -0.15) is 0 Å². The van der Waals surface area contributed by atoms with Crippen molar-refractivity contribution in [1.82, 2.24) is 30.0 Å². The van der Waals surface area contributed by atoms with E-state index in [4.69, 9.17) is 9.47 Å². The monoisotopic (exact) mass is 438 g/mol. The lowest BCUT2D eigenvalue weighted by molar-refractivity contribution is 0.240. The number of hydrogen-bond donors (Lipinski definition) is 2. The number of aromatic nitrogens is 4. The minimum absolute atomic E-state index is 0.168. The van der Waals surface area contributed by atoms with Crippen LogP contribution in [0, 0.1) is 0 Å². The molecule has 1 fully saturated rings. The van der Waals surface area contributed by atoms with E-state index in [1.807, 2.05) is 24.3 Å². The molecular formula is C22H26N6O4. The predicted molar refractivity (Wildman–Crippen MR) is 118 cm³/mol. The number of methoxy groups -OCH3 is 2. The molecule has 0 aliphatic heterocycles. The van der Waals surface area contributed by atoms with E-state index in [0.29, 0.717) is 23.9 Å². The number of urea groups is 1. The SMILES string of the molecule is COc1ccc(CNC(=O)NCCn2nc(-c3cccnc3)n(C3CC3)c2=O)cc1OC. The number of rotatable bonds is 9. The van der Waals surface area contributed by atoms with Gasteiger partial charge in [0.1, 0.15) is 0 Å². The largest absolute Gasteiger partial charge is 0.493 e. The van der Waals surface area contributed by atoms with Gasteiger partial charge in [-0.3, -0.25) is 9.55 Å². The van der Waals surface area contributed by atoms with Gasteiger partial charge < -0.3 is 20.1 Å². The van der Waals surface area contributed by atoms with Crippen LogP contribution in [0.1, 0.15) is 24.4 Å². The summed E-state index contributed by atoms with van der Waals surface area (Å²) in [5.74, 6) is 1.84. The summed E-state index contributed by atoms with van der Waals surface area (Å²) in [4.78, 5) is 29.1. The van der Waals surface area contributed by atoms with Crippen LogP contribution < -0.4 is 25.8 Å². The Morgan fingerprint density at radius 2 is 1.97 bits per heavy atom. The maximum Gasteiger partial charge on any atom is 0.346 e. The lowest BCUT2D eigenvalue weighted by atomic mass is 10.2. The summed E-state index contributed by atoms with van der Waals surface area (Å²) in [6.07, 6.45) is 5.32. The van der Waals surface area contributed by atoms with Crippen LogP contribution in [0.15, 0.2) is 47.5 Å². The fourth-order valence-corrected chi connectivity index (χ4v) is 3.43. The van der Waals surface area contributed by atoms with E-state index in [9.17, 15) is 9.59 Å². The second kappa shape index (κ2) is 9.54. The summed E-state index contributed by atoms with van der Waals surface area (Å²) in [7, 11) is 3.13. The quantitative estimate of drug-likeness (QED) is 0.528. The normalized spacial score (nSPS) is 12.9. The number of amides is 2. The molecule has 0 saturated heterocycles. The Labute approximate surface area is 185 Å². The fourth-order valence-electron chi connectivity index (χ4n) is 3.43. The first kappa shape index (κ1) is 21.4. The van der Waals surface area contributed by atoms with Crippen LogP contribution in [0.4, 0.5) is 4.79 Å². The maximum absolute atomic E-state index is 12.8. The summed E-state index contributed by atoms with van der Waals surface area (Å²) in [6.45, 7) is 0.870. The molecule has 2 N–H and O–H groups in total. The smallest absolute Gasteiger partial charge is 0.346 e. The molecule has 3 aromatic rings.